The average Bonchev–Trinajstić information content (AvgIpc) is 3.76. The Balaban J connectivity index is 1.15. The van der Waals surface area contributed by atoms with E-state index in [1.165, 1.54) is 0 Å². The van der Waals surface area contributed by atoms with E-state index in [4.69, 9.17) is 21.1 Å². The van der Waals surface area contributed by atoms with Crippen LogP contribution in [0.1, 0.15) is 43.2 Å². The lowest BCUT2D eigenvalue weighted by Crippen LogP contribution is -2.42. The maximum Gasteiger partial charge on any atom is 0.227 e. The van der Waals surface area contributed by atoms with Crippen LogP contribution in [0.2, 0.25) is 5.02 Å². The molecule has 3 heterocycles. The van der Waals surface area contributed by atoms with Gasteiger partial charge in [-0.3, -0.25) is 0 Å². The number of aliphatic hydroxyl groups excluding tert-OH is 1. The molecule has 1 saturated carbocycles. The average molecular weight is 547 g/mol. The Kier molecular flexibility index (Phi) is 7.49. The summed E-state index contributed by atoms with van der Waals surface area (Å²) in [7, 11) is 0. The Bertz CT molecular complexity index is 1320. The Hall–Kier alpha value is -2.74. The van der Waals surface area contributed by atoms with Gasteiger partial charge in [0.2, 0.25) is 5.88 Å². The van der Waals surface area contributed by atoms with E-state index in [1.54, 1.807) is 6.20 Å². The third-order valence-corrected chi connectivity index (χ3v) is 8.71. The predicted molar refractivity (Wildman–Crippen MR) is 152 cm³/mol. The van der Waals surface area contributed by atoms with Crippen molar-refractivity contribution in [2.24, 2.45) is 5.41 Å². The fourth-order valence-corrected chi connectivity index (χ4v) is 5.70. The van der Waals surface area contributed by atoms with Gasteiger partial charge in [0.25, 0.3) is 0 Å². The monoisotopic (exact) mass is 546 g/mol. The van der Waals surface area contributed by atoms with Gasteiger partial charge in [0.1, 0.15) is 11.9 Å². The summed E-state index contributed by atoms with van der Waals surface area (Å²) in [5.74, 6) is 1.34. The zero-order valence-electron chi connectivity index (χ0n) is 22.1. The second kappa shape index (κ2) is 11.0. The smallest absolute Gasteiger partial charge is 0.227 e. The predicted octanol–water partition coefficient (Wildman–Crippen LogP) is 5.42. The van der Waals surface area contributed by atoms with Gasteiger partial charge in [-0.05, 0) is 79.7 Å². The van der Waals surface area contributed by atoms with E-state index in [0.717, 1.165) is 66.9 Å². The van der Waals surface area contributed by atoms with E-state index in [1.807, 2.05) is 54.6 Å². The first-order chi connectivity index (χ1) is 19.0. The van der Waals surface area contributed by atoms with Crippen molar-refractivity contribution in [2.75, 3.05) is 32.8 Å². The molecule has 7 heteroatoms. The van der Waals surface area contributed by atoms with Crippen molar-refractivity contribution < 1.29 is 19.7 Å². The number of aromatic nitrogens is 1. The van der Waals surface area contributed by atoms with Crippen molar-refractivity contribution in [3.8, 4) is 5.88 Å². The summed E-state index contributed by atoms with van der Waals surface area (Å²) < 4.78 is 12.6. The van der Waals surface area contributed by atoms with Crippen LogP contribution in [0.4, 0.5) is 0 Å². The van der Waals surface area contributed by atoms with Gasteiger partial charge in [-0.15, -0.1) is 0 Å². The lowest BCUT2D eigenvalue weighted by molar-refractivity contribution is -0.0254. The van der Waals surface area contributed by atoms with Gasteiger partial charge >= 0.3 is 0 Å². The Morgan fingerprint density at radius 1 is 1.13 bits per heavy atom. The Morgan fingerprint density at radius 3 is 2.67 bits per heavy atom. The second-order valence-corrected chi connectivity index (χ2v) is 11.6. The summed E-state index contributed by atoms with van der Waals surface area (Å²) in [5.41, 5.74) is 3.06. The van der Waals surface area contributed by atoms with Gasteiger partial charge in [0.05, 0.1) is 18.8 Å². The molecule has 0 radical (unpaired) electrons. The van der Waals surface area contributed by atoms with E-state index in [9.17, 15) is 10.2 Å². The molecule has 1 unspecified atom stereocenters. The SMILES string of the molecule is OCC1(COC2C=CC=C3Oc4ncccc4C(=CCCN4CCC(O)(c5ccc(Cl)cc5)CC4)C=C32)CC1. The highest BCUT2D eigenvalue weighted by Gasteiger charge is 2.43. The molecule has 1 aromatic heterocycles. The van der Waals surface area contributed by atoms with Crippen molar-refractivity contribution in [3.63, 3.8) is 0 Å². The van der Waals surface area contributed by atoms with Gasteiger partial charge in [-0.25, -0.2) is 4.98 Å². The normalized spacial score (nSPS) is 24.2. The molecule has 204 valence electrons. The van der Waals surface area contributed by atoms with Crippen molar-refractivity contribution >= 4 is 17.2 Å². The molecule has 2 aliphatic carbocycles. The lowest BCUT2D eigenvalue weighted by atomic mass is 9.84. The first kappa shape index (κ1) is 26.5. The van der Waals surface area contributed by atoms with Gasteiger partial charge in [-0.1, -0.05) is 42.0 Å². The molecular weight excluding hydrogens is 512 g/mol. The zero-order chi connectivity index (χ0) is 26.9. The summed E-state index contributed by atoms with van der Waals surface area (Å²) in [4.78, 5) is 6.93. The number of rotatable bonds is 8. The molecule has 6 nitrogen and oxygen atoms in total. The Labute approximate surface area is 234 Å². The van der Waals surface area contributed by atoms with Gasteiger partial charge in [0.15, 0.2) is 0 Å². The largest absolute Gasteiger partial charge is 0.438 e. The first-order valence-corrected chi connectivity index (χ1v) is 14.2. The molecule has 2 aromatic rings. The van der Waals surface area contributed by atoms with Crippen LogP contribution < -0.4 is 4.74 Å². The summed E-state index contributed by atoms with van der Waals surface area (Å²) in [5, 5.41) is 21.6. The number of nitrogens with zero attached hydrogens (tertiary/aromatic N) is 2. The highest BCUT2D eigenvalue weighted by molar-refractivity contribution is 6.30. The molecule has 0 bridgehead atoms. The van der Waals surface area contributed by atoms with Crippen LogP contribution in [0.5, 0.6) is 5.88 Å². The van der Waals surface area contributed by atoms with E-state index >= 15 is 0 Å². The van der Waals surface area contributed by atoms with Crippen molar-refractivity contribution in [1.82, 2.24) is 9.88 Å². The summed E-state index contributed by atoms with van der Waals surface area (Å²) >= 11 is 6.04. The number of allylic oxidation sites excluding steroid dienone is 4. The number of hydrogen-bond donors (Lipinski definition) is 2. The maximum absolute atomic E-state index is 11.2. The molecule has 39 heavy (non-hydrogen) atoms. The molecule has 2 fully saturated rings. The number of aliphatic hydroxyl groups is 2. The number of benzene rings is 1. The van der Waals surface area contributed by atoms with Crippen molar-refractivity contribution in [1.29, 1.82) is 0 Å². The molecule has 0 amide bonds. The van der Waals surface area contributed by atoms with Crippen LogP contribution in [0.15, 0.2) is 84.3 Å². The van der Waals surface area contributed by atoms with Crippen LogP contribution in [0.3, 0.4) is 0 Å². The Morgan fingerprint density at radius 2 is 1.92 bits per heavy atom. The minimum atomic E-state index is -0.797. The highest BCUT2D eigenvalue weighted by Crippen LogP contribution is 2.46. The molecule has 2 N–H and O–H groups in total. The van der Waals surface area contributed by atoms with E-state index in [-0.39, 0.29) is 18.1 Å². The van der Waals surface area contributed by atoms with Crippen molar-refractivity contribution in [3.05, 3.63) is 100 Å². The third-order valence-electron chi connectivity index (χ3n) is 8.46. The zero-order valence-corrected chi connectivity index (χ0v) is 22.8. The molecule has 1 aromatic carbocycles. The topological polar surface area (TPSA) is 75.0 Å². The minimum absolute atomic E-state index is 0.0847. The number of piperidine rings is 1. The molecule has 0 spiro atoms. The fraction of sp³-hybridized carbons (Fsp3) is 0.406. The number of halogens is 1. The fourth-order valence-electron chi connectivity index (χ4n) is 5.58. The van der Waals surface area contributed by atoms with Crippen LogP contribution in [-0.2, 0) is 10.3 Å². The maximum atomic E-state index is 11.2. The first-order valence-electron chi connectivity index (χ1n) is 13.8. The molecular formula is C32H35ClN2O4. The number of pyridine rings is 1. The summed E-state index contributed by atoms with van der Waals surface area (Å²) in [6.07, 6.45) is 16.2. The molecule has 2 aliphatic heterocycles. The molecule has 1 saturated heterocycles. The molecule has 6 rings (SSSR count). The number of fused-ring (bicyclic) bond motifs is 2. The highest BCUT2D eigenvalue weighted by atomic mass is 35.5. The summed E-state index contributed by atoms with van der Waals surface area (Å²) in [6, 6.07) is 11.5. The van der Waals surface area contributed by atoms with Gasteiger partial charge < -0.3 is 24.6 Å². The third kappa shape index (κ3) is 5.76. The standard InChI is InChI=1S/C32H35ClN2O4/c33-25-10-8-24(9-11-25)32(37)14-18-35(19-15-32)17-3-4-23-20-27-28(38-22-31(21-36)12-13-31)6-1-7-29(27)39-30-26(23)5-2-16-34-30/h1-2,4-11,16,20,28,36-37H,3,12-15,17-19,21-22H2. The van der Waals surface area contributed by atoms with Gasteiger partial charge in [-0.2, -0.15) is 0 Å². The van der Waals surface area contributed by atoms with E-state index in [2.05, 4.69) is 22.0 Å². The van der Waals surface area contributed by atoms with Crippen molar-refractivity contribution in [2.45, 2.75) is 43.8 Å². The van der Waals surface area contributed by atoms with Gasteiger partial charge in [0, 0.05) is 47.4 Å². The minimum Gasteiger partial charge on any atom is -0.438 e. The number of hydrogen-bond acceptors (Lipinski definition) is 6. The number of ether oxygens (including phenoxy) is 2. The van der Waals surface area contributed by atoms with E-state index < -0.39 is 5.60 Å². The number of likely N-dealkylation sites (tertiary alicyclic amines) is 1. The van der Waals surface area contributed by atoms with Crippen LogP contribution in [-0.4, -0.2) is 59.0 Å². The van der Waals surface area contributed by atoms with Crippen LogP contribution in [0.25, 0.3) is 5.57 Å². The van der Waals surface area contributed by atoms with Crippen LogP contribution >= 0.6 is 11.6 Å². The molecule has 1 atom stereocenters. The summed E-state index contributed by atoms with van der Waals surface area (Å²) in [6.45, 7) is 3.28. The molecule has 4 aliphatic rings. The van der Waals surface area contributed by atoms with Crippen LogP contribution in [0, 0.1) is 5.41 Å². The van der Waals surface area contributed by atoms with E-state index in [0.29, 0.717) is 30.4 Å². The second-order valence-electron chi connectivity index (χ2n) is 11.2. The quantitative estimate of drug-likeness (QED) is 0.460. The lowest BCUT2D eigenvalue weighted by Gasteiger charge is -2.38.